The summed E-state index contributed by atoms with van der Waals surface area (Å²) in [4.78, 5) is 34.4. The molecule has 0 heterocycles. The minimum absolute atomic E-state index is 0.0325. The normalized spacial score (nSPS) is 13.8. The fourth-order valence-corrected chi connectivity index (χ4v) is 3.50. The third-order valence-corrected chi connectivity index (χ3v) is 5.55. The Morgan fingerprint density at radius 1 is 0.857 bits per heavy atom. The van der Waals surface area contributed by atoms with Gasteiger partial charge in [0.15, 0.2) is 0 Å². The monoisotopic (exact) mass is 398 g/mol. The van der Waals surface area contributed by atoms with Crippen molar-refractivity contribution in [3.8, 4) is 0 Å². The summed E-state index contributed by atoms with van der Waals surface area (Å²) in [5.41, 5.74) is -0.677. The molecular weight excluding hydrogens is 356 g/mol. The van der Waals surface area contributed by atoms with Crippen molar-refractivity contribution in [3.05, 3.63) is 0 Å². The van der Waals surface area contributed by atoms with Crippen molar-refractivity contribution in [2.75, 3.05) is 0 Å². The van der Waals surface area contributed by atoms with E-state index >= 15 is 0 Å². The maximum atomic E-state index is 12.0. The molecule has 0 rings (SSSR count). The SMILES string of the molecule is CCCCCC(CCCC(CCCCCC(C)(C)C(=O)O)C(C)=O)OC(C)=O. The molecule has 0 aliphatic rings. The Morgan fingerprint density at radius 3 is 1.96 bits per heavy atom. The molecule has 0 aliphatic carbocycles. The van der Waals surface area contributed by atoms with E-state index in [0.29, 0.717) is 6.42 Å². The zero-order chi connectivity index (χ0) is 21.6. The number of esters is 1. The van der Waals surface area contributed by atoms with Gasteiger partial charge in [0.05, 0.1) is 5.41 Å². The van der Waals surface area contributed by atoms with Crippen LogP contribution >= 0.6 is 0 Å². The van der Waals surface area contributed by atoms with E-state index in [1.165, 1.54) is 6.92 Å². The number of unbranched alkanes of at least 4 members (excludes halogenated alkanes) is 4. The first-order valence-corrected chi connectivity index (χ1v) is 11.0. The van der Waals surface area contributed by atoms with E-state index in [1.807, 2.05) is 0 Å². The summed E-state index contributed by atoms with van der Waals surface area (Å²) in [6, 6.07) is 0. The Labute approximate surface area is 171 Å². The highest BCUT2D eigenvalue weighted by atomic mass is 16.5. The van der Waals surface area contributed by atoms with E-state index in [1.54, 1.807) is 20.8 Å². The molecule has 0 aliphatic heterocycles. The van der Waals surface area contributed by atoms with Crippen molar-refractivity contribution >= 4 is 17.7 Å². The highest BCUT2D eigenvalue weighted by Crippen LogP contribution is 2.25. The number of carbonyl (C=O) groups is 3. The van der Waals surface area contributed by atoms with Crippen molar-refractivity contribution in [1.82, 2.24) is 0 Å². The fourth-order valence-electron chi connectivity index (χ4n) is 3.50. The molecule has 2 atom stereocenters. The molecule has 0 spiro atoms. The van der Waals surface area contributed by atoms with Crippen molar-refractivity contribution < 1.29 is 24.2 Å². The molecule has 0 bridgehead atoms. The second kappa shape index (κ2) is 14.6. The number of aliphatic carboxylic acids is 1. The molecule has 0 aromatic carbocycles. The van der Waals surface area contributed by atoms with Gasteiger partial charge in [0.1, 0.15) is 11.9 Å². The number of hydrogen-bond donors (Lipinski definition) is 1. The van der Waals surface area contributed by atoms with Crippen LogP contribution in [0.15, 0.2) is 0 Å². The molecule has 0 amide bonds. The van der Waals surface area contributed by atoms with Crippen LogP contribution in [0.2, 0.25) is 0 Å². The molecule has 1 N–H and O–H groups in total. The first-order chi connectivity index (χ1) is 13.1. The van der Waals surface area contributed by atoms with Crippen LogP contribution in [-0.4, -0.2) is 28.9 Å². The van der Waals surface area contributed by atoms with Crippen LogP contribution in [0.1, 0.15) is 112 Å². The summed E-state index contributed by atoms with van der Waals surface area (Å²) in [7, 11) is 0. The van der Waals surface area contributed by atoms with Gasteiger partial charge >= 0.3 is 11.9 Å². The van der Waals surface area contributed by atoms with Gasteiger partial charge < -0.3 is 9.84 Å². The summed E-state index contributed by atoms with van der Waals surface area (Å²) < 4.78 is 5.43. The smallest absolute Gasteiger partial charge is 0.309 e. The average molecular weight is 399 g/mol. The number of carboxylic acid groups (broad SMARTS) is 1. The van der Waals surface area contributed by atoms with E-state index in [4.69, 9.17) is 9.84 Å². The van der Waals surface area contributed by atoms with E-state index in [0.717, 1.165) is 70.6 Å². The van der Waals surface area contributed by atoms with E-state index < -0.39 is 11.4 Å². The lowest BCUT2D eigenvalue weighted by Gasteiger charge is -2.20. The van der Waals surface area contributed by atoms with Crippen LogP contribution in [0.5, 0.6) is 0 Å². The number of carbonyl (C=O) groups excluding carboxylic acids is 2. The van der Waals surface area contributed by atoms with Gasteiger partial charge in [-0.2, -0.15) is 0 Å². The summed E-state index contributed by atoms with van der Waals surface area (Å²) in [5.74, 6) is -0.703. The maximum absolute atomic E-state index is 12.0. The molecule has 5 heteroatoms. The Balaban J connectivity index is 4.22. The zero-order valence-corrected chi connectivity index (χ0v) is 18.7. The van der Waals surface area contributed by atoms with Gasteiger partial charge in [-0.1, -0.05) is 39.0 Å². The Kier molecular flexibility index (Phi) is 13.9. The van der Waals surface area contributed by atoms with Crippen LogP contribution in [0.25, 0.3) is 0 Å². The highest BCUT2D eigenvalue weighted by molar-refractivity contribution is 5.78. The number of hydrogen-bond acceptors (Lipinski definition) is 4. The maximum Gasteiger partial charge on any atom is 0.309 e. The quantitative estimate of drug-likeness (QED) is 0.242. The topological polar surface area (TPSA) is 80.7 Å². The van der Waals surface area contributed by atoms with Gasteiger partial charge in [0.2, 0.25) is 0 Å². The van der Waals surface area contributed by atoms with Crippen LogP contribution in [0.3, 0.4) is 0 Å². The minimum atomic E-state index is -0.754. The first kappa shape index (κ1) is 26.6. The molecule has 0 saturated heterocycles. The van der Waals surface area contributed by atoms with Crippen molar-refractivity contribution in [2.45, 2.75) is 118 Å². The molecule has 0 radical (unpaired) electrons. The predicted molar refractivity (Wildman–Crippen MR) is 112 cm³/mol. The molecule has 0 saturated carbocycles. The van der Waals surface area contributed by atoms with Gasteiger partial charge in [-0.3, -0.25) is 14.4 Å². The van der Waals surface area contributed by atoms with Gasteiger partial charge in [0.25, 0.3) is 0 Å². The molecule has 2 unspecified atom stereocenters. The van der Waals surface area contributed by atoms with E-state index in [-0.39, 0.29) is 23.8 Å². The van der Waals surface area contributed by atoms with Gasteiger partial charge in [-0.15, -0.1) is 0 Å². The van der Waals surface area contributed by atoms with Crippen LogP contribution < -0.4 is 0 Å². The highest BCUT2D eigenvalue weighted by Gasteiger charge is 2.26. The van der Waals surface area contributed by atoms with E-state index in [2.05, 4.69) is 6.92 Å². The summed E-state index contributed by atoms with van der Waals surface area (Å²) in [6.45, 7) is 8.78. The Bertz CT molecular complexity index is 470. The van der Waals surface area contributed by atoms with Crippen molar-refractivity contribution in [1.29, 1.82) is 0 Å². The second-order valence-corrected chi connectivity index (χ2v) is 8.75. The largest absolute Gasteiger partial charge is 0.481 e. The molecule has 0 aromatic rings. The predicted octanol–water partition coefficient (Wildman–Crippen LogP) is 5.94. The standard InChI is InChI=1S/C23H42O5/c1-6-7-9-15-21(28-19(3)25)16-12-14-20(18(2)24)13-10-8-11-17-23(4,5)22(26)27/h20-21H,6-17H2,1-5H3,(H,26,27). The van der Waals surface area contributed by atoms with Crippen LogP contribution in [-0.2, 0) is 19.1 Å². The number of ether oxygens (including phenoxy) is 1. The number of rotatable bonds is 17. The van der Waals surface area contributed by atoms with Gasteiger partial charge in [-0.25, -0.2) is 0 Å². The average Bonchev–Trinajstić information content (AvgIpc) is 2.58. The molecule has 5 nitrogen and oxygen atoms in total. The lowest BCUT2D eigenvalue weighted by molar-refractivity contribution is -0.148. The van der Waals surface area contributed by atoms with E-state index in [9.17, 15) is 14.4 Å². The lowest BCUT2D eigenvalue weighted by Crippen LogP contribution is -2.23. The van der Waals surface area contributed by atoms with Gasteiger partial charge in [-0.05, 0) is 65.7 Å². The summed E-state index contributed by atoms with van der Waals surface area (Å²) >= 11 is 0. The fraction of sp³-hybridized carbons (Fsp3) is 0.870. The van der Waals surface area contributed by atoms with Gasteiger partial charge in [0, 0.05) is 12.8 Å². The molecular formula is C23H42O5. The third-order valence-electron chi connectivity index (χ3n) is 5.55. The number of carboxylic acids is 1. The minimum Gasteiger partial charge on any atom is -0.481 e. The Morgan fingerprint density at radius 2 is 1.43 bits per heavy atom. The number of ketones is 1. The first-order valence-electron chi connectivity index (χ1n) is 11.0. The van der Waals surface area contributed by atoms with Crippen LogP contribution in [0.4, 0.5) is 0 Å². The molecule has 0 fully saturated rings. The molecule has 28 heavy (non-hydrogen) atoms. The third kappa shape index (κ3) is 12.9. The summed E-state index contributed by atoms with van der Waals surface area (Å²) in [5, 5.41) is 9.15. The van der Waals surface area contributed by atoms with Crippen molar-refractivity contribution in [2.24, 2.45) is 11.3 Å². The van der Waals surface area contributed by atoms with Crippen molar-refractivity contribution in [3.63, 3.8) is 0 Å². The Hall–Kier alpha value is -1.39. The zero-order valence-electron chi connectivity index (χ0n) is 18.7. The van der Waals surface area contributed by atoms with Crippen LogP contribution in [0, 0.1) is 11.3 Å². The summed E-state index contributed by atoms with van der Waals surface area (Å²) in [6.07, 6.45) is 11.1. The lowest BCUT2D eigenvalue weighted by atomic mass is 9.86. The number of Topliss-reactive ketones (excluding diaryl/α,β-unsaturated/α-hetero) is 1. The molecule has 0 aromatic heterocycles. The second-order valence-electron chi connectivity index (χ2n) is 8.75. The molecule has 164 valence electrons.